The van der Waals surface area contributed by atoms with E-state index in [0.717, 1.165) is 17.0 Å². The Labute approximate surface area is 157 Å². The van der Waals surface area contributed by atoms with Gasteiger partial charge in [0, 0.05) is 16.7 Å². The molecular weight excluding hydrogens is 350 g/mol. The molecule has 1 amide bonds. The Morgan fingerprint density at radius 2 is 1.88 bits per heavy atom. The Hall–Kier alpha value is -2.47. The first kappa shape index (κ1) is 18.3. The quantitative estimate of drug-likeness (QED) is 0.766. The average molecular weight is 371 g/mol. The van der Waals surface area contributed by atoms with E-state index < -0.39 is 5.97 Å². The molecule has 0 unspecified atom stereocenters. The maximum atomic E-state index is 12.7. The molecule has 0 aliphatic carbocycles. The van der Waals surface area contributed by atoms with Crippen LogP contribution < -0.4 is 9.64 Å². The number of thioether (sulfide) groups is 1. The van der Waals surface area contributed by atoms with Gasteiger partial charge in [0.15, 0.2) is 6.61 Å². The lowest BCUT2D eigenvalue weighted by Gasteiger charge is -2.22. The number of carbonyl (C=O) groups is 2. The second kappa shape index (κ2) is 8.27. The van der Waals surface area contributed by atoms with Crippen molar-refractivity contribution < 1.29 is 19.1 Å². The maximum Gasteiger partial charge on any atom is 0.337 e. The molecule has 1 aliphatic heterocycles. The van der Waals surface area contributed by atoms with Crippen LogP contribution in [0.15, 0.2) is 53.4 Å². The number of rotatable bonds is 4. The molecule has 5 nitrogen and oxygen atoms in total. The van der Waals surface area contributed by atoms with Gasteiger partial charge in [-0.05, 0) is 42.8 Å². The molecule has 0 N–H and O–H groups in total. The van der Waals surface area contributed by atoms with Crippen LogP contribution in [0.2, 0.25) is 0 Å². The van der Waals surface area contributed by atoms with Gasteiger partial charge in [-0.15, -0.1) is 11.8 Å². The molecule has 1 aliphatic rings. The van der Waals surface area contributed by atoms with Gasteiger partial charge in [-0.2, -0.15) is 0 Å². The number of methoxy groups -OCH3 is 1. The minimum Gasteiger partial charge on any atom is -0.484 e. The van der Waals surface area contributed by atoms with Gasteiger partial charge in [0.25, 0.3) is 5.91 Å². The first-order chi connectivity index (χ1) is 12.6. The standard InChI is InChI=1S/C20H21NO4S/c1-14-11-12-21(17-5-3-4-6-18(17)26-14)19(22)13-25-16-9-7-15(8-10-16)20(23)24-2/h3-10,14H,11-13H2,1-2H3/t14-/m1/s1. The number of fused-ring (bicyclic) bond motifs is 1. The van der Waals surface area contributed by atoms with E-state index in [1.54, 1.807) is 40.9 Å². The first-order valence-electron chi connectivity index (χ1n) is 8.45. The molecule has 136 valence electrons. The molecular formula is C20H21NO4S. The summed E-state index contributed by atoms with van der Waals surface area (Å²) in [6.45, 7) is 2.80. The summed E-state index contributed by atoms with van der Waals surface area (Å²) in [5.41, 5.74) is 1.38. The molecule has 1 atom stereocenters. The van der Waals surface area contributed by atoms with Crippen molar-refractivity contribution >= 4 is 29.3 Å². The Kier molecular flexibility index (Phi) is 5.83. The van der Waals surface area contributed by atoms with Crippen molar-refractivity contribution in [1.82, 2.24) is 0 Å². The van der Waals surface area contributed by atoms with Gasteiger partial charge in [-0.3, -0.25) is 4.79 Å². The van der Waals surface area contributed by atoms with Gasteiger partial charge in [0.1, 0.15) is 5.75 Å². The Balaban J connectivity index is 1.67. The molecule has 2 aromatic carbocycles. The van der Waals surface area contributed by atoms with Gasteiger partial charge in [0.2, 0.25) is 0 Å². The van der Waals surface area contributed by atoms with E-state index in [1.807, 2.05) is 18.2 Å². The zero-order chi connectivity index (χ0) is 18.5. The highest BCUT2D eigenvalue weighted by Crippen LogP contribution is 2.37. The minimum atomic E-state index is -0.402. The largest absolute Gasteiger partial charge is 0.484 e. The number of anilines is 1. The second-order valence-corrected chi connectivity index (χ2v) is 7.52. The third-order valence-electron chi connectivity index (χ3n) is 4.18. The van der Waals surface area contributed by atoms with Crippen LogP contribution in [-0.2, 0) is 9.53 Å². The summed E-state index contributed by atoms with van der Waals surface area (Å²) in [7, 11) is 1.34. The van der Waals surface area contributed by atoms with Gasteiger partial charge in [-0.1, -0.05) is 19.1 Å². The fourth-order valence-corrected chi connectivity index (χ4v) is 3.89. The third kappa shape index (κ3) is 4.19. The SMILES string of the molecule is COC(=O)c1ccc(OCC(=O)N2CC[C@@H](C)Sc3ccccc32)cc1. The number of hydrogen-bond acceptors (Lipinski definition) is 5. The van der Waals surface area contributed by atoms with Gasteiger partial charge >= 0.3 is 5.97 Å². The molecule has 1 heterocycles. The summed E-state index contributed by atoms with van der Waals surface area (Å²) in [5, 5.41) is 0.459. The van der Waals surface area contributed by atoms with Gasteiger partial charge in [0.05, 0.1) is 18.4 Å². The number of hydrogen-bond donors (Lipinski definition) is 0. The van der Waals surface area contributed by atoms with E-state index >= 15 is 0 Å². The van der Waals surface area contributed by atoms with Crippen LogP contribution in [0, 0.1) is 0 Å². The summed E-state index contributed by atoms with van der Waals surface area (Å²) in [6, 6.07) is 14.5. The van der Waals surface area contributed by atoms with Crippen molar-refractivity contribution in [3.63, 3.8) is 0 Å². The first-order valence-corrected chi connectivity index (χ1v) is 9.33. The molecule has 0 fully saturated rings. The molecule has 0 spiro atoms. The van der Waals surface area contributed by atoms with Crippen LogP contribution in [-0.4, -0.2) is 37.4 Å². The molecule has 0 saturated carbocycles. The van der Waals surface area contributed by atoms with Crippen molar-refractivity contribution in [1.29, 1.82) is 0 Å². The van der Waals surface area contributed by atoms with Crippen LogP contribution in [0.3, 0.4) is 0 Å². The lowest BCUT2D eigenvalue weighted by Crippen LogP contribution is -2.36. The molecule has 6 heteroatoms. The molecule has 3 rings (SSSR count). The number of carbonyl (C=O) groups excluding carboxylic acids is 2. The lowest BCUT2D eigenvalue weighted by atomic mass is 10.2. The van der Waals surface area contributed by atoms with Crippen LogP contribution >= 0.6 is 11.8 Å². The molecule has 26 heavy (non-hydrogen) atoms. The summed E-state index contributed by atoms with van der Waals surface area (Å²) in [4.78, 5) is 27.1. The highest BCUT2D eigenvalue weighted by Gasteiger charge is 2.24. The number of nitrogens with zero attached hydrogens (tertiary/aromatic N) is 1. The van der Waals surface area contributed by atoms with E-state index in [1.165, 1.54) is 7.11 Å². The van der Waals surface area contributed by atoms with Crippen molar-refractivity contribution in [2.45, 2.75) is 23.5 Å². The fraction of sp³-hybridized carbons (Fsp3) is 0.300. The number of benzene rings is 2. The van der Waals surface area contributed by atoms with Crippen molar-refractivity contribution in [3.05, 3.63) is 54.1 Å². The van der Waals surface area contributed by atoms with E-state index in [9.17, 15) is 9.59 Å². The maximum absolute atomic E-state index is 12.7. The van der Waals surface area contributed by atoms with Crippen molar-refractivity contribution in [2.75, 3.05) is 25.2 Å². The number of esters is 1. The Morgan fingerprint density at radius 3 is 2.62 bits per heavy atom. The fourth-order valence-electron chi connectivity index (χ4n) is 2.77. The molecule has 2 aromatic rings. The average Bonchev–Trinajstić information content (AvgIpc) is 2.84. The topological polar surface area (TPSA) is 55.8 Å². The smallest absolute Gasteiger partial charge is 0.337 e. The normalized spacial score (nSPS) is 16.4. The van der Waals surface area contributed by atoms with Crippen molar-refractivity contribution in [2.24, 2.45) is 0 Å². The minimum absolute atomic E-state index is 0.0506. The van der Waals surface area contributed by atoms with Gasteiger partial charge < -0.3 is 14.4 Å². The zero-order valence-electron chi connectivity index (χ0n) is 14.8. The summed E-state index contributed by atoms with van der Waals surface area (Å²) < 4.78 is 10.3. The van der Waals surface area contributed by atoms with E-state index in [0.29, 0.717) is 23.1 Å². The lowest BCUT2D eigenvalue weighted by molar-refractivity contribution is -0.120. The highest BCUT2D eigenvalue weighted by atomic mass is 32.2. The van der Waals surface area contributed by atoms with E-state index in [2.05, 4.69) is 17.7 Å². The Bertz CT molecular complexity index is 791. The predicted molar refractivity (Wildman–Crippen MR) is 102 cm³/mol. The summed E-state index contributed by atoms with van der Waals surface area (Å²) >= 11 is 1.80. The molecule has 0 bridgehead atoms. The number of para-hydroxylation sites is 1. The van der Waals surface area contributed by atoms with E-state index in [4.69, 9.17) is 4.74 Å². The van der Waals surface area contributed by atoms with E-state index in [-0.39, 0.29) is 12.5 Å². The van der Waals surface area contributed by atoms with Crippen LogP contribution in [0.4, 0.5) is 5.69 Å². The van der Waals surface area contributed by atoms with Gasteiger partial charge in [-0.25, -0.2) is 4.79 Å². The summed E-state index contributed by atoms with van der Waals surface area (Å²) in [5.74, 6) is 0.0569. The third-order valence-corrected chi connectivity index (χ3v) is 5.42. The van der Waals surface area contributed by atoms with Crippen LogP contribution in [0.25, 0.3) is 0 Å². The Morgan fingerprint density at radius 1 is 1.15 bits per heavy atom. The second-order valence-electron chi connectivity index (χ2n) is 6.03. The number of ether oxygens (including phenoxy) is 2. The summed E-state index contributed by atoms with van der Waals surface area (Å²) in [6.07, 6.45) is 0.929. The van der Waals surface area contributed by atoms with Crippen LogP contribution in [0.5, 0.6) is 5.75 Å². The molecule has 0 radical (unpaired) electrons. The zero-order valence-corrected chi connectivity index (χ0v) is 15.6. The van der Waals surface area contributed by atoms with Crippen LogP contribution in [0.1, 0.15) is 23.7 Å². The number of amides is 1. The highest BCUT2D eigenvalue weighted by molar-refractivity contribution is 8.00. The molecule has 0 aromatic heterocycles. The predicted octanol–water partition coefficient (Wildman–Crippen LogP) is 3.77. The monoisotopic (exact) mass is 371 g/mol. The van der Waals surface area contributed by atoms with Crippen molar-refractivity contribution in [3.8, 4) is 5.75 Å². The molecule has 0 saturated heterocycles.